The van der Waals surface area contributed by atoms with Crippen LogP contribution in [0, 0.1) is 6.92 Å². The molecule has 0 radical (unpaired) electrons. The fourth-order valence-electron chi connectivity index (χ4n) is 3.85. The van der Waals surface area contributed by atoms with E-state index in [0.29, 0.717) is 31.7 Å². The molecule has 0 aromatic heterocycles. The lowest BCUT2D eigenvalue weighted by Gasteiger charge is -2.26. The molecule has 1 aromatic carbocycles. The molecule has 2 heterocycles. The van der Waals surface area contributed by atoms with Crippen LogP contribution in [0.2, 0.25) is 0 Å². The topological polar surface area (TPSA) is 84.0 Å². The maximum atomic E-state index is 12.9. The molecule has 0 atom stereocenters. The molecule has 1 aromatic rings. The second-order valence-corrected chi connectivity index (χ2v) is 9.75. The predicted octanol–water partition coefficient (Wildman–Crippen LogP) is 2.73. The third kappa shape index (κ3) is 5.36. The SMILES string of the molecule is Cc1ccc(S(=O)(=O)N2CCCCC2)cc1C(=O)OCC(=O)N1CCCCCC1. The van der Waals surface area contributed by atoms with Crippen molar-refractivity contribution in [3.05, 3.63) is 29.3 Å². The standard InChI is InChI=1S/C21H30N2O5S/c1-17-9-10-18(29(26,27)23-13-7-4-8-14-23)15-19(17)21(25)28-16-20(24)22-11-5-2-3-6-12-22/h9-10,15H,2-8,11-14,16H2,1H3. The first-order chi connectivity index (χ1) is 13.9. The van der Waals surface area contributed by atoms with Gasteiger partial charge < -0.3 is 9.64 Å². The highest BCUT2D eigenvalue weighted by atomic mass is 32.2. The summed E-state index contributed by atoms with van der Waals surface area (Å²) < 4.78 is 32.5. The molecule has 2 aliphatic heterocycles. The van der Waals surface area contributed by atoms with Crippen LogP contribution in [-0.4, -0.2) is 62.3 Å². The molecule has 29 heavy (non-hydrogen) atoms. The van der Waals surface area contributed by atoms with Crippen molar-refractivity contribution in [1.29, 1.82) is 0 Å². The van der Waals surface area contributed by atoms with E-state index in [1.54, 1.807) is 17.9 Å². The number of hydrogen-bond acceptors (Lipinski definition) is 5. The number of nitrogens with zero attached hydrogens (tertiary/aromatic N) is 2. The first-order valence-corrected chi connectivity index (χ1v) is 11.9. The van der Waals surface area contributed by atoms with Gasteiger partial charge in [0.05, 0.1) is 10.5 Å². The lowest BCUT2D eigenvalue weighted by atomic mass is 10.1. The Bertz CT molecular complexity index is 839. The molecule has 0 bridgehead atoms. The van der Waals surface area contributed by atoms with Crippen molar-refractivity contribution in [3.63, 3.8) is 0 Å². The maximum Gasteiger partial charge on any atom is 0.338 e. The van der Waals surface area contributed by atoms with Gasteiger partial charge in [-0.25, -0.2) is 13.2 Å². The normalized spacial score (nSPS) is 18.9. The fourth-order valence-corrected chi connectivity index (χ4v) is 5.40. The Labute approximate surface area is 173 Å². The summed E-state index contributed by atoms with van der Waals surface area (Å²) in [5, 5.41) is 0. The van der Waals surface area contributed by atoms with Crippen LogP contribution in [0.15, 0.2) is 23.1 Å². The van der Waals surface area contributed by atoms with Crippen LogP contribution in [0.1, 0.15) is 60.9 Å². The van der Waals surface area contributed by atoms with E-state index >= 15 is 0 Å². The summed E-state index contributed by atoms with van der Waals surface area (Å²) in [6.07, 6.45) is 6.88. The number of likely N-dealkylation sites (tertiary alicyclic amines) is 1. The second kappa shape index (κ2) is 9.71. The first-order valence-electron chi connectivity index (χ1n) is 10.5. The highest BCUT2D eigenvalue weighted by Crippen LogP contribution is 2.23. The summed E-state index contributed by atoms with van der Waals surface area (Å²) in [5.74, 6) is -0.864. The third-order valence-corrected chi connectivity index (χ3v) is 7.56. The molecular weight excluding hydrogens is 392 g/mol. The van der Waals surface area contributed by atoms with Crippen molar-refractivity contribution in [1.82, 2.24) is 9.21 Å². The monoisotopic (exact) mass is 422 g/mol. The molecule has 0 unspecified atom stereocenters. The van der Waals surface area contributed by atoms with Crippen molar-refractivity contribution in [3.8, 4) is 0 Å². The number of rotatable bonds is 5. The molecule has 1 amide bonds. The van der Waals surface area contributed by atoms with Crippen molar-refractivity contribution in [2.75, 3.05) is 32.8 Å². The Morgan fingerprint density at radius 2 is 1.52 bits per heavy atom. The maximum absolute atomic E-state index is 12.9. The van der Waals surface area contributed by atoms with Crippen LogP contribution in [0.3, 0.4) is 0 Å². The van der Waals surface area contributed by atoms with Crippen molar-refractivity contribution in [2.24, 2.45) is 0 Å². The van der Waals surface area contributed by atoms with Gasteiger partial charge in [0.1, 0.15) is 0 Å². The molecular formula is C21H30N2O5S. The molecule has 0 N–H and O–H groups in total. The van der Waals surface area contributed by atoms with E-state index < -0.39 is 16.0 Å². The van der Waals surface area contributed by atoms with Crippen LogP contribution in [0.4, 0.5) is 0 Å². The molecule has 2 saturated heterocycles. The highest BCUT2D eigenvalue weighted by molar-refractivity contribution is 7.89. The predicted molar refractivity (Wildman–Crippen MR) is 109 cm³/mol. The second-order valence-electron chi connectivity index (χ2n) is 7.81. The third-order valence-electron chi connectivity index (χ3n) is 5.67. The number of carbonyl (C=O) groups is 2. The van der Waals surface area contributed by atoms with E-state index in [0.717, 1.165) is 44.9 Å². The van der Waals surface area contributed by atoms with Crippen LogP contribution < -0.4 is 0 Å². The Balaban J connectivity index is 1.68. The smallest absolute Gasteiger partial charge is 0.338 e. The number of ether oxygens (including phenoxy) is 1. The number of carbonyl (C=O) groups excluding carboxylic acids is 2. The number of benzene rings is 1. The minimum atomic E-state index is -3.64. The van der Waals surface area contributed by atoms with E-state index in [4.69, 9.17) is 4.74 Å². The van der Waals surface area contributed by atoms with Gasteiger partial charge in [0.25, 0.3) is 5.91 Å². The van der Waals surface area contributed by atoms with E-state index in [2.05, 4.69) is 0 Å². The lowest BCUT2D eigenvalue weighted by molar-refractivity contribution is -0.134. The van der Waals surface area contributed by atoms with Crippen molar-refractivity contribution in [2.45, 2.75) is 56.8 Å². The van der Waals surface area contributed by atoms with Gasteiger partial charge in [-0.05, 0) is 50.3 Å². The zero-order chi connectivity index (χ0) is 20.9. The Morgan fingerprint density at radius 3 is 2.17 bits per heavy atom. The summed E-state index contributed by atoms with van der Waals surface area (Å²) >= 11 is 0. The van der Waals surface area contributed by atoms with Crippen LogP contribution >= 0.6 is 0 Å². The van der Waals surface area contributed by atoms with Crippen molar-refractivity contribution >= 4 is 21.9 Å². The number of sulfonamides is 1. The van der Waals surface area contributed by atoms with E-state index in [1.165, 1.54) is 16.4 Å². The number of amides is 1. The van der Waals surface area contributed by atoms with Crippen LogP contribution in [0.5, 0.6) is 0 Å². The van der Waals surface area contributed by atoms with Gasteiger partial charge in [-0.1, -0.05) is 25.3 Å². The first kappa shape index (κ1) is 21.8. The Morgan fingerprint density at radius 1 is 0.931 bits per heavy atom. The molecule has 8 heteroatoms. The van der Waals surface area contributed by atoms with Crippen molar-refractivity contribution < 1.29 is 22.7 Å². The summed E-state index contributed by atoms with van der Waals surface area (Å²) in [6, 6.07) is 4.51. The fraction of sp³-hybridized carbons (Fsp3) is 0.619. The summed E-state index contributed by atoms with van der Waals surface area (Å²) in [5.41, 5.74) is 0.807. The van der Waals surface area contributed by atoms with Crippen LogP contribution in [-0.2, 0) is 19.6 Å². The van der Waals surface area contributed by atoms with Gasteiger partial charge in [-0.15, -0.1) is 0 Å². The van der Waals surface area contributed by atoms with Gasteiger partial charge in [0, 0.05) is 26.2 Å². The van der Waals surface area contributed by atoms with Gasteiger partial charge in [-0.2, -0.15) is 4.31 Å². The summed E-state index contributed by atoms with van der Waals surface area (Å²) in [4.78, 5) is 26.8. The zero-order valence-corrected chi connectivity index (χ0v) is 17.9. The highest BCUT2D eigenvalue weighted by Gasteiger charge is 2.27. The zero-order valence-electron chi connectivity index (χ0n) is 17.1. The Hall–Kier alpha value is -1.93. The molecule has 2 fully saturated rings. The van der Waals surface area contributed by atoms with Gasteiger partial charge in [0.15, 0.2) is 6.61 Å². The van der Waals surface area contributed by atoms with Gasteiger partial charge in [0.2, 0.25) is 10.0 Å². The number of piperidine rings is 1. The van der Waals surface area contributed by atoms with Gasteiger partial charge in [-0.3, -0.25) is 4.79 Å². The quantitative estimate of drug-likeness (QED) is 0.681. The van der Waals surface area contributed by atoms with E-state index in [9.17, 15) is 18.0 Å². The number of aryl methyl sites for hydroxylation is 1. The molecule has 160 valence electrons. The number of hydrogen-bond donors (Lipinski definition) is 0. The summed E-state index contributed by atoms with van der Waals surface area (Å²) in [7, 11) is -3.64. The summed E-state index contributed by atoms with van der Waals surface area (Å²) in [6.45, 7) is 3.80. The average molecular weight is 423 g/mol. The molecule has 0 saturated carbocycles. The molecule has 0 aliphatic carbocycles. The van der Waals surface area contributed by atoms with E-state index in [1.807, 2.05) is 0 Å². The minimum Gasteiger partial charge on any atom is -0.452 e. The molecule has 0 spiro atoms. The molecule has 7 nitrogen and oxygen atoms in total. The largest absolute Gasteiger partial charge is 0.452 e. The van der Waals surface area contributed by atoms with E-state index in [-0.39, 0.29) is 23.0 Å². The minimum absolute atomic E-state index is 0.0933. The molecule has 2 aliphatic rings. The lowest BCUT2D eigenvalue weighted by Crippen LogP contribution is -2.36. The number of esters is 1. The Kier molecular flexibility index (Phi) is 7.29. The van der Waals surface area contributed by atoms with Crippen LogP contribution in [0.25, 0.3) is 0 Å². The average Bonchev–Trinajstić information content (AvgIpc) is 3.02. The van der Waals surface area contributed by atoms with Gasteiger partial charge >= 0.3 is 5.97 Å². The molecule has 3 rings (SSSR count).